The van der Waals surface area contributed by atoms with Gasteiger partial charge in [0.05, 0.1) is 6.54 Å². The molecule has 2 aliphatic heterocycles. The molecule has 1 aromatic heterocycles. The SMILES string of the molecule is Nc1nc(NCCN2C[C@H](F)[C@@H](F)C2)nc2c1C(=O)N(c1ccc([C@H]3CC[C@H](CC(=O)O)CC3)cc1)CCO2. The van der Waals surface area contributed by atoms with Gasteiger partial charge >= 0.3 is 5.97 Å². The fourth-order valence-corrected chi connectivity index (χ4v) is 5.74. The Kier molecular flexibility index (Phi) is 8.10. The lowest BCUT2D eigenvalue weighted by atomic mass is 9.77. The highest BCUT2D eigenvalue weighted by molar-refractivity contribution is 6.10. The summed E-state index contributed by atoms with van der Waals surface area (Å²) in [5.41, 5.74) is 8.16. The predicted molar refractivity (Wildman–Crippen MR) is 142 cm³/mol. The van der Waals surface area contributed by atoms with Crippen molar-refractivity contribution in [1.29, 1.82) is 0 Å². The molecule has 1 saturated carbocycles. The van der Waals surface area contributed by atoms with E-state index in [0.29, 0.717) is 31.2 Å². The number of aromatic nitrogens is 2. The van der Waals surface area contributed by atoms with E-state index in [-0.39, 0.29) is 61.2 Å². The minimum atomic E-state index is -1.46. The molecule has 5 rings (SSSR count). The summed E-state index contributed by atoms with van der Waals surface area (Å²) in [6, 6.07) is 7.88. The fraction of sp³-hybridized carbons (Fsp3) is 0.556. The summed E-state index contributed by atoms with van der Waals surface area (Å²) in [5, 5.41) is 12.0. The zero-order valence-electron chi connectivity index (χ0n) is 21.7. The molecule has 0 unspecified atom stereocenters. The van der Waals surface area contributed by atoms with Crippen LogP contribution in [0.25, 0.3) is 0 Å². The molecule has 12 heteroatoms. The Labute approximate surface area is 225 Å². The molecule has 0 radical (unpaired) electrons. The van der Waals surface area contributed by atoms with E-state index in [1.807, 2.05) is 24.3 Å². The zero-order chi connectivity index (χ0) is 27.5. The first-order valence-electron chi connectivity index (χ1n) is 13.5. The van der Waals surface area contributed by atoms with Crippen LogP contribution in [0.15, 0.2) is 24.3 Å². The van der Waals surface area contributed by atoms with E-state index < -0.39 is 18.3 Å². The maximum atomic E-state index is 13.5. The molecule has 1 amide bonds. The van der Waals surface area contributed by atoms with Crippen molar-refractivity contribution < 1.29 is 28.2 Å². The zero-order valence-corrected chi connectivity index (χ0v) is 21.7. The van der Waals surface area contributed by atoms with E-state index in [1.165, 1.54) is 5.56 Å². The highest BCUT2D eigenvalue weighted by Gasteiger charge is 2.33. The molecule has 39 heavy (non-hydrogen) atoms. The number of benzene rings is 1. The van der Waals surface area contributed by atoms with Gasteiger partial charge in [0.2, 0.25) is 11.8 Å². The van der Waals surface area contributed by atoms with Crippen molar-refractivity contribution in [3.63, 3.8) is 0 Å². The summed E-state index contributed by atoms with van der Waals surface area (Å²) in [6.07, 6.45) is 1.02. The van der Waals surface area contributed by atoms with Gasteiger partial charge in [0, 0.05) is 38.3 Å². The van der Waals surface area contributed by atoms with Crippen LogP contribution < -0.4 is 20.7 Å². The van der Waals surface area contributed by atoms with Gasteiger partial charge in [-0.05, 0) is 55.2 Å². The number of likely N-dealkylation sites (tertiary alicyclic amines) is 1. The van der Waals surface area contributed by atoms with Gasteiger partial charge < -0.3 is 25.8 Å². The van der Waals surface area contributed by atoms with Gasteiger partial charge in [-0.3, -0.25) is 14.5 Å². The van der Waals surface area contributed by atoms with Gasteiger partial charge in [0.25, 0.3) is 5.91 Å². The first kappa shape index (κ1) is 27.0. The summed E-state index contributed by atoms with van der Waals surface area (Å²) < 4.78 is 32.6. The molecule has 1 aliphatic carbocycles. The summed E-state index contributed by atoms with van der Waals surface area (Å²) in [5.74, 6) is -0.193. The maximum absolute atomic E-state index is 13.5. The monoisotopic (exact) mass is 544 g/mol. The molecule has 4 N–H and O–H groups in total. The number of alkyl halides is 2. The number of carboxylic acids is 1. The number of rotatable bonds is 8. The highest BCUT2D eigenvalue weighted by Crippen LogP contribution is 2.38. The number of nitrogens with zero attached hydrogens (tertiary/aromatic N) is 4. The molecular formula is C27H34F2N6O4. The molecule has 3 aliphatic rings. The first-order chi connectivity index (χ1) is 18.8. The topological polar surface area (TPSA) is 134 Å². The van der Waals surface area contributed by atoms with Crippen LogP contribution in [0.5, 0.6) is 5.88 Å². The second-order valence-electron chi connectivity index (χ2n) is 10.5. The summed E-state index contributed by atoms with van der Waals surface area (Å²) >= 11 is 0. The average molecular weight is 545 g/mol. The van der Waals surface area contributed by atoms with Gasteiger partial charge in [-0.2, -0.15) is 9.97 Å². The van der Waals surface area contributed by atoms with Crippen molar-refractivity contribution in [2.24, 2.45) is 5.92 Å². The molecule has 0 bridgehead atoms. The number of nitrogens with one attached hydrogen (secondary N) is 1. The summed E-state index contributed by atoms with van der Waals surface area (Å²) in [7, 11) is 0. The second kappa shape index (κ2) is 11.7. The number of carbonyl (C=O) groups is 2. The van der Waals surface area contributed by atoms with Crippen LogP contribution in [0.2, 0.25) is 0 Å². The molecule has 1 saturated heterocycles. The lowest BCUT2D eigenvalue weighted by Crippen LogP contribution is -2.33. The minimum Gasteiger partial charge on any atom is -0.481 e. The number of carboxylic acid groups (broad SMARTS) is 1. The summed E-state index contributed by atoms with van der Waals surface area (Å²) in [6.45, 7) is 1.39. The van der Waals surface area contributed by atoms with Crippen molar-refractivity contribution in [2.45, 2.75) is 50.4 Å². The summed E-state index contributed by atoms with van der Waals surface area (Å²) in [4.78, 5) is 36.3. The number of hydrogen-bond donors (Lipinski definition) is 3. The molecule has 210 valence electrons. The van der Waals surface area contributed by atoms with Crippen LogP contribution in [0.1, 0.15) is 53.9 Å². The van der Waals surface area contributed by atoms with Crippen LogP contribution in [0, 0.1) is 5.92 Å². The Morgan fingerprint density at radius 2 is 1.79 bits per heavy atom. The minimum absolute atomic E-state index is 0.0112. The number of aliphatic carboxylic acids is 1. The van der Waals surface area contributed by atoms with Gasteiger partial charge in [-0.15, -0.1) is 0 Å². The van der Waals surface area contributed by atoms with Gasteiger partial charge in [0.15, 0.2) is 0 Å². The van der Waals surface area contributed by atoms with Crippen molar-refractivity contribution >= 4 is 29.3 Å². The van der Waals surface area contributed by atoms with Crippen molar-refractivity contribution in [2.75, 3.05) is 55.3 Å². The predicted octanol–water partition coefficient (Wildman–Crippen LogP) is 3.25. The Morgan fingerprint density at radius 3 is 2.46 bits per heavy atom. The van der Waals surface area contributed by atoms with E-state index in [9.17, 15) is 18.4 Å². The smallest absolute Gasteiger partial charge is 0.303 e. The number of halogens is 2. The van der Waals surface area contributed by atoms with Crippen LogP contribution in [-0.2, 0) is 4.79 Å². The third-order valence-electron chi connectivity index (χ3n) is 7.87. The normalized spacial score (nSPS) is 25.6. The standard InChI is InChI=1S/C27H34F2N6O4/c28-20-14-34(15-21(20)29)10-9-31-27-32-24(30)23-25(33-27)39-12-11-35(26(23)38)19-7-5-18(6-8-19)17-3-1-16(2-4-17)13-22(36)37/h5-8,16-17,20-21H,1-4,9-15H2,(H,36,37)(H3,30,31,32,33)/t16-,17-,20-,21-/m0/s1. The first-order valence-corrected chi connectivity index (χ1v) is 13.5. The van der Waals surface area contributed by atoms with Crippen LogP contribution in [0.4, 0.5) is 26.2 Å². The number of carbonyl (C=O) groups excluding carboxylic acids is 1. The number of nitrogen functional groups attached to an aromatic ring is 1. The molecule has 1 aromatic carbocycles. The number of fused-ring (bicyclic) bond motifs is 1. The fourth-order valence-electron chi connectivity index (χ4n) is 5.74. The maximum Gasteiger partial charge on any atom is 0.303 e. The molecule has 10 nitrogen and oxygen atoms in total. The molecule has 0 spiro atoms. The average Bonchev–Trinajstić information content (AvgIpc) is 3.12. The third kappa shape index (κ3) is 6.21. The number of nitrogens with two attached hydrogens (primary N) is 1. The molecule has 2 atom stereocenters. The third-order valence-corrected chi connectivity index (χ3v) is 7.87. The van der Waals surface area contributed by atoms with Crippen molar-refractivity contribution in [1.82, 2.24) is 14.9 Å². The largest absolute Gasteiger partial charge is 0.481 e. The second-order valence-corrected chi connectivity index (χ2v) is 10.5. The number of anilines is 3. The van der Waals surface area contributed by atoms with Crippen LogP contribution in [-0.4, -0.2) is 83.5 Å². The van der Waals surface area contributed by atoms with E-state index in [2.05, 4.69) is 15.3 Å². The number of ether oxygens (including phenoxy) is 1. The van der Waals surface area contributed by atoms with Crippen molar-refractivity contribution in [3.05, 3.63) is 35.4 Å². The van der Waals surface area contributed by atoms with E-state index in [0.717, 1.165) is 25.7 Å². The molecule has 2 aromatic rings. The Balaban J connectivity index is 1.22. The Hall–Kier alpha value is -3.54. The van der Waals surface area contributed by atoms with Crippen LogP contribution >= 0.6 is 0 Å². The lowest BCUT2D eigenvalue weighted by molar-refractivity contribution is -0.138. The number of hydrogen-bond acceptors (Lipinski definition) is 8. The van der Waals surface area contributed by atoms with E-state index in [1.54, 1.807) is 9.80 Å². The van der Waals surface area contributed by atoms with Gasteiger partial charge in [-0.1, -0.05) is 12.1 Å². The molecule has 3 heterocycles. The molecule has 2 fully saturated rings. The Morgan fingerprint density at radius 1 is 1.10 bits per heavy atom. The van der Waals surface area contributed by atoms with E-state index in [4.69, 9.17) is 15.6 Å². The van der Waals surface area contributed by atoms with E-state index >= 15 is 0 Å². The molecular weight excluding hydrogens is 510 g/mol. The Bertz CT molecular complexity index is 1180. The quantitative estimate of drug-likeness (QED) is 0.458. The van der Waals surface area contributed by atoms with Gasteiger partial charge in [-0.25, -0.2) is 8.78 Å². The van der Waals surface area contributed by atoms with Crippen LogP contribution in [0.3, 0.4) is 0 Å². The number of amides is 1. The lowest BCUT2D eigenvalue weighted by Gasteiger charge is -2.28. The highest BCUT2D eigenvalue weighted by atomic mass is 19.2. The van der Waals surface area contributed by atoms with Gasteiger partial charge in [0.1, 0.15) is 30.3 Å². The van der Waals surface area contributed by atoms with Crippen molar-refractivity contribution in [3.8, 4) is 5.88 Å².